The molecule has 1 rings (SSSR count). The normalized spacial score (nSPS) is 13.6. The van der Waals surface area contributed by atoms with Gasteiger partial charge in [-0.15, -0.1) is 0 Å². The highest BCUT2D eigenvalue weighted by Crippen LogP contribution is 2.07. The summed E-state index contributed by atoms with van der Waals surface area (Å²) in [5.74, 6) is -3.53. The van der Waals surface area contributed by atoms with Crippen LogP contribution in [-0.4, -0.2) is 72.9 Å². The molecule has 14 heteroatoms. The van der Waals surface area contributed by atoms with Crippen LogP contribution in [0.5, 0.6) is 0 Å². The van der Waals surface area contributed by atoms with Crippen molar-refractivity contribution in [3.8, 4) is 0 Å². The van der Waals surface area contributed by atoms with Crippen molar-refractivity contribution < 1.29 is 33.5 Å². The van der Waals surface area contributed by atoms with E-state index in [4.69, 9.17) is 21.9 Å². The lowest BCUT2D eigenvalue weighted by atomic mass is 10.0. The Morgan fingerprint density at radius 2 is 1.43 bits per heavy atom. The van der Waals surface area contributed by atoms with Gasteiger partial charge < -0.3 is 43.2 Å². The van der Waals surface area contributed by atoms with Crippen LogP contribution in [0.3, 0.4) is 0 Å². The summed E-state index contributed by atoms with van der Waals surface area (Å²) >= 11 is 0. The lowest BCUT2D eigenvalue weighted by Gasteiger charge is -2.25. The number of carbonyl (C=O) groups is 6. The molecule has 0 bridgehead atoms. The lowest BCUT2D eigenvalue weighted by Crippen LogP contribution is -2.57. The topological polar surface area (TPSA) is 238 Å². The molecule has 6 amide bonds. The Balaban J connectivity index is 2.98. The number of carbonyl (C=O) groups excluding carboxylic acids is 6. The first-order chi connectivity index (χ1) is 19.0. The Morgan fingerprint density at radius 3 is 2.00 bits per heavy atom. The molecule has 0 aliphatic heterocycles. The molecule has 0 heterocycles. The zero-order chi connectivity index (χ0) is 30.1. The molecule has 0 radical (unpaired) electrons. The van der Waals surface area contributed by atoms with E-state index in [1.165, 1.54) is 6.92 Å². The Kier molecular flexibility index (Phi) is 15.4. The molecule has 0 saturated carbocycles. The molecule has 0 aromatic heterocycles. The van der Waals surface area contributed by atoms with Gasteiger partial charge in [0.15, 0.2) is 0 Å². The summed E-state index contributed by atoms with van der Waals surface area (Å²) in [6, 6.07) is 4.61. The van der Waals surface area contributed by atoms with Crippen LogP contribution < -0.4 is 38.5 Å². The van der Waals surface area contributed by atoms with Gasteiger partial charge in [-0.25, -0.2) is 4.79 Å². The number of nitrogens with one attached hydrogen (secondary N) is 4. The minimum absolute atomic E-state index is 0.0922. The minimum atomic E-state index is -1.16. The fraction of sp³-hybridized carbons (Fsp3) is 0.538. The highest BCUT2D eigenvalue weighted by atomic mass is 16.5. The van der Waals surface area contributed by atoms with E-state index in [1.807, 2.05) is 6.07 Å². The molecule has 0 fully saturated rings. The van der Waals surface area contributed by atoms with Crippen molar-refractivity contribution in [2.24, 2.45) is 17.2 Å². The van der Waals surface area contributed by atoms with Gasteiger partial charge in [0.25, 0.3) is 0 Å². The maximum absolute atomic E-state index is 13.2. The highest BCUT2D eigenvalue weighted by Gasteiger charge is 2.29. The van der Waals surface area contributed by atoms with Gasteiger partial charge in [0, 0.05) is 12.8 Å². The van der Waals surface area contributed by atoms with E-state index in [-0.39, 0.29) is 32.3 Å². The zero-order valence-electron chi connectivity index (χ0n) is 22.9. The second-order valence-corrected chi connectivity index (χ2v) is 9.15. The lowest BCUT2D eigenvalue weighted by molar-refractivity contribution is -0.133. The third kappa shape index (κ3) is 13.0. The largest absolute Gasteiger partial charge is 0.450 e. The van der Waals surface area contributed by atoms with E-state index in [9.17, 15) is 28.8 Å². The van der Waals surface area contributed by atoms with Crippen molar-refractivity contribution in [1.82, 2.24) is 21.3 Å². The molecule has 0 unspecified atom stereocenters. The van der Waals surface area contributed by atoms with Crippen LogP contribution in [0, 0.1) is 0 Å². The number of alkyl carbamates (subject to hydrolysis) is 1. The molecule has 0 spiro atoms. The first kappa shape index (κ1) is 33.8. The zero-order valence-corrected chi connectivity index (χ0v) is 22.9. The molecule has 222 valence electrons. The molecule has 1 aromatic carbocycles. The summed E-state index contributed by atoms with van der Waals surface area (Å²) < 4.78 is 4.92. The van der Waals surface area contributed by atoms with Crippen molar-refractivity contribution in [3.63, 3.8) is 0 Å². The van der Waals surface area contributed by atoms with Crippen LogP contribution in [0.4, 0.5) is 4.79 Å². The predicted octanol–water partition coefficient (Wildman–Crippen LogP) is -1.30. The van der Waals surface area contributed by atoms with Gasteiger partial charge in [-0.3, -0.25) is 24.0 Å². The van der Waals surface area contributed by atoms with Crippen molar-refractivity contribution in [3.05, 3.63) is 35.9 Å². The summed E-state index contributed by atoms with van der Waals surface area (Å²) in [4.78, 5) is 73.8. The maximum Gasteiger partial charge on any atom is 0.407 e. The Bertz CT molecular complexity index is 1010. The molecule has 4 atom stereocenters. The van der Waals surface area contributed by atoms with Gasteiger partial charge in [-0.1, -0.05) is 30.3 Å². The Hall–Kier alpha value is -4.20. The van der Waals surface area contributed by atoms with Crippen LogP contribution >= 0.6 is 0 Å². The molecule has 0 aliphatic carbocycles. The third-order valence-electron chi connectivity index (χ3n) is 5.84. The summed E-state index contributed by atoms with van der Waals surface area (Å²) in [5.41, 5.74) is 16.7. The van der Waals surface area contributed by atoms with Crippen LogP contribution in [0.15, 0.2) is 30.3 Å². The van der Waals surface area contributed by atoms with E-state index in [1.54, 1.807) is 31.2 Å². The molecular formula is C26H41N7O7. The fourth-order valence-corrected chi connectivity index (χ4v) is 3.66. The van der Waals surface area contributed by atoms with Crippen molar-refractivity contribution in [2.45, 2.75) is 76.5 Å². The number of unbranched alkanes of at least 4 members (excludes halogenated alkanes) is 1. The van der Waals surface area contributed by atoms with Gasteiger partial charge in [-0.05, 0) is 51.6 Å². The average molecular weight is 564 g/mol. The summed E-state index contributed by atoms with van der Waals surface area (Å²) in [6.45, 7) is 3.50. The van der Waals surface area contributed by atoms with Crippen LogP contribution in [0.1, 0.15) is 51.5 Å². The first-order valence-corrected chi connectivity index (χ1v) is 13.1. The van der Waals surface area contributed by atoms with Gasteiger partial charge >= 0.3 is 6.09 Å². The molecule has 14 nitrogen and oxygen atoms in total. The second-order valence-electron chi connectivity index (χ2n) is 9.15. The monoisotopic (exact) mass is 563 g/mol. The number of rotatable bonds is 18. The first-order valence-electron chi connectivity index (χ1n) is 13.1. The van der Waals surface area contributed by atoms with E-state index in [0.717, 1.165) is 5.56 Å². The number of ether oxygens (including phenoxy) is 1. The average Bonchev–Trinajstić information content (AvgIpc) is 2.90. The van der Waals surface area contributed by atoms with Gasteiger partial charge in [-0.2, -0.15) is 0 Å². The van der Waals surface area contributed by atoms with E-state index < -0.39 is 59.8 Å². The number of primary amides is 2. The van der Waals surface area contributed by atoms with Gasteiger partial charge in [0.05, 0.1) is 6.61 Å². The number of hydrogen-bond acceptors (Lipinski definition) is 8. The molecule has 1 aromatic rings. The summed E-state index contributed by atoms with van der Waals surface area (Å²) in [5, 5.41) is 10.1. The van der Waals surface area contributed by atoms with E-state index >= 15 is 0 Å². The van der Waals surface area contributed by atoms with Gasteiger partial charge in [0.1, 0.15) is 24.2 Å². The summed E-state index contributed by atoms with van der Waals surface area (Å²) in [7, 11) is 0. The molecule has 0 aliphatic rings. The van der Waals surface area contributed by atoms with Crippen molar-refractivity contribution in [2.75, 3.05) is 13.2 Å². The SMILES string of the molecule is CCOC(=O)N[C@@H](Cc1ccccc1)C(=O)N[C@@H](CCCCN)C(=O)N[C@@H](C)C(=O)N[C@@H](CCC(N)=O)C(N)=O. The number of benzene rings is 1. The molecule has 10 N–H and O–H groups in total. The van der Waals surface area contributed by atoms with E-state index in [2.05, 4.69) is 21.3 Å². The smallest absolute Gasteiger partial charge is 0.407 e. The standard InChI is InChI=1S/C26H41N7O7/c1-3-40-26(39)33-20(15-17-9-5-4-6-10-17)25(38)32-19(11-7-8-14-27)24(37)30-16(2)23(36)31-18(22(29)35)12-13-21(28)34/h4-6,9-10,16,18-20H,3,7-8,11-15,27H2,1-2H3,(H2,28,34)(H2,29,35)(H,30,37)(H,31,36)(H,32,38)(H,33,39)/t16-,18-,19-,20-/m0/s1. The van der Waals surface area contributed by atoms with Crippen molar-refractivity contribution in [1.29, 1.82) is 0 Å². The molecule has 40 heavy (non-hydrogen) atoms. The van der Waals surface area contributed by atoms with Crippen LogP contribution in [0.25, 0.3) is 0 Å². The number of nitrogens with two attached hydrogens (primary N) is 3. The van der Waals surface area contributed by atoms with Gasteiger partial charge in [0.2, 0.25) is 29.5 Å². The molecular weight excluding hydrogens is 522 g/mol. The second kappa shape index (κ2) is 18.2. The number of amides is 6. The van der Waals surface area contributed by atoms with Crippen molar-refractivity contribution >= 4 is 35.6 Å². The Labute approximate surface area is 233 Å². The molecule has 0 saturated heterocycles. The Morgan fingerprint density at radius 1 is 0.800 bits per heavy atom. The van der Waals surface area contributed by atoms with E-state index in [0.29, 0.717) is 19.4 Å². The minimum Gasteiger partial charge on any atom is -0.450 e. The number of hydrogen-bond donors (Lipinski definition) is 7. The maximum atomic E-state index is 13.2. The van der Waals surface area contributed by atoms with Crippen LogP contribution in [0.2, 0.25) is 0 Å². The summed E-state index contributed by atoms with van der Waals surface area (Å²) in [6.07, 6.45) is 0.391. The third-order valence-corrected chi connectivity index (χ3v) is 5.84. The highest BCUT2D eigenvalue weighted by molar-refractivity contribution is 5.95. The predicted molar refractivity (Wildman–Crippen MR) is 146 cm³/mol. The fourth-order valence-electron chi connectivity index (χ4n) is 3.66. The van der Waals surface area contributed by atoms with Crippen LogP contribution in [-0.2, 0) is 35.1 Å². The quantitative estimate of drug-likeness (QED) is 0.106.